The lowest BCUT2D eigenvalue weighted by Gasteiger charge is -2.11. The fraction of sp³-hybridized carbons (Fsp3) is 0.188. The van der Waals surface area contributed by atoms with Crippen molar-refractivity contribution < 1.29 is 13.2 Å². The standard InChI is InChI=1S/C16H16BrClN2O3S/c1-11(2)23-16-8-3-12(9-15(16)17)10-19-20-24(21,22)14-6-4-13(18)5-7-14/h3-11,20H,1-2H3/b19-10+. The van der Waals surface area contributed by atoms with Crippen molar-refractivity contribution in [2.45, 2.75) is 24.8 Å². The molecule has 0 saturated carbocycles. The van der Waals surface area contributed by atoms with Gasteiger partial charge in [-0.15, -0.1) is 0 Å². The second kappa shape index (κ2) is 8.00. The van der Waals surface area contributed by atoms with Gasteiger partial charge in [-0.2, -0.15) is 13.5 Å². The molecule has 0 atom stereocenters. The van der Waals surface area contributed by atoms with E-state index in [-0.39, 0.29) is 11.0 Å². The van der Waals surface area contributed by atoms with Crippen LogP contribution in [0.5, 0.6) is 5.75 Å². The highest BCUT2D eigenvalue weighted by Crippen LogP contribution is 2.26. The Hall–Kier alpha value is -1.57. The fourth-order valence-electron chi connectivity index (χ4n) is 1.78. The smallest absolute Gasteiger partial charge is 0.276 e. The Balaban J connectivity index is 2.08. The minimum Gasteiger partial charge on any atom is -0.490 e. The Morgan fingerprint density at radius 1 is 1.21 bits per heavy atom. The number of halogens is 2. The van der Waals surface area contributed by atoms with Crippen molar-refractivity contribution in [3.8, 4) is 5.75 Å². The topological polar surface area (TPSA) is 67.8 Å². The fourth-order valence-corrected chi connectivity index (χ4v) is 3.19. The summed E-state index contributed by atoms with van der Waals surface area (Å²) in [5, 5.41) is 4.25. The molecule has 0 amide bonds. The van der Waals surface area contributed by atoms with Gasteiger partial charge in [-0.3, -0.25) is 0 Å². The number of hydrogen-bond acceptors (Lipinski definition) is 4. The third-order valence-electron chi connectivity index (χ3n) is 2.83. The van der Waals surface area contributed by atoms with Gasteiger partial charge in [0.15, 0.2) is 0 Å². The normalized spacial score (nSPS) is 11.9. The summed E-state index contributed by atoms with van der Waals surface area (Å²) in [7, 11) is -3.72. The molecule has 0 aliphatic carbocycles. The zero-order valence-electron chi connectivity index (χ0n) is 13.0. The van der Waals surface area contributed by atoms with E-state index in [0.717, 1.165) is 10.0 Å². The summed E-state index contributed by atoms with van der Waals surface area (Å²) in [5.74, 6) is 0.712. The van der Waals surface area contributed by atoms with Gasteiger partial charge in [-0.1, -0.05) is 11.6 Å². The number of nitrogens with zero attached hydrogens (tertiary/aromatic N) is 1. The van der Waals surface area contributed by atoms with Crippen LogP contribution in [0.15, 0.2) is 56.9 Å². The maximum atomic E-state index is 12.1. The van der Waals surface area contributed by atoms with Crippen LogP contribution in [0.2, 0.25) is 5.02 Å². The third kappa shape index (κ3) is 5.22. The predicted molar refractivity (Wildman–Crippen MR) is 99.3 cm³/mol. The predicted octanol–water partition coefficient (Wildman–Crippen LogP) is 4.20. The first kappa shape index (κ1) is 18.8. The summed E-state index contributed by atoms with van der Waals surface area (Å²) in [4.78, 5) is 2.25. The second-order valence-electron chi connectivity index (χ2n) is 5.16. The highest BCUT2D eigenvalue weighted by molar-refractivity contribution is 9.10. The highest BCUT2D eigenvalue weighted by atomic mass is 79.9. The zero-order chi connectivity index (χ0) is 17.7. The highest BCUT2D eigenvalue weighted by Gasteiger charge is 2.12. The van der Waals surface area contributed by atoms with E-state index in [0.29, 0.717) is 10.8 Å². The van der Waals surface area contributed by atoms with Crippen molar-refractivity contribution in [2.75, 3.05) is 0 Å². The van der Waals surface area contributed by atoms with Gasteiger partial charge in [0.05, 0.1) is 21.7 Å². The molecule has 2 aromatic rings. The zero-order valence-corrected chi connectivity index (χ0v) is 16.2. The van der Waals surface area contributed by atoms with E-state index in [2.05, 4.69) is 25.9 Å². The average Bonchev–Trinajstić information content (AvgIpc) is 2.50. The molecule has 0 aliphatic rings. The van der Waals surface area contributed by atoms with Crippen LogP contribution in [-0.2, 0) is 10.0 Å². The van der Waals surface area contributed by atoms with Crippen LogP contribution in [0.3, 0.4) is 0 Å². The molecule has 0 bridgehead atoms. The van der Waals surface area contributed by atoms with Crippen LogP contribution < -0.4 is 9.57 Å². The van der Waals surface area contributed by atoms with Crippen LogP contribution in [0.4, 0.5) is 0 Å². The maximum Gasteiger partial charge on any atom is 0.276 e. The quantitative estimate of drug-likeness (QED) is 0.550. The van der Waals surface area contributed by atoms with Crippen molar-refractivity contribution in [3.05, 3.63) is 57.5 Å². The van der Waals surface area contributed by atoms with Gasteiger partial charge < -0.3 is 4.74 Å². The van der Waals surface area contributed by atoms with Crippen molar-refractivity contribution in [2.24, 2.45) is 5.10 Å². The molecule has 0 aliphatic heterocycles. The van der Waals surface area contributed by atoms with Crippen LogP contribution >= 0.6 is 27.5 Å². The summed E-state index contributed by atoms with van der Waals surface area (Å²) >= 11 is 9.16. The summed E-state index contributed by atoms with van der Waals surface area (Å²) in [5.41, 5.74) is 0.719. The van der Waals surface area contributed by atoms with Gasteiger partial charge in [0.2, 0.25) is 0 Å². The van der Waals surface area contributed by atoms with Crippen molar-refractivity contribution in [1.29, 1.82) is 0 Å². The Morgan fingerprint density at radius 3 is 2.46 bits per heavy atom. The third-order valence-corrected chi connectivity index (χ3v) is 4.94. The molecule has 0 fully saturated rings. The molecule has 2 rings (SSSR count). The monoisotopic (exact) mass is 430 g/mol. The summed E-state index contributed by atoms with van der Waals surface area (Å²) < 4.78 is 30.5. The van der Waals surface area contributed by atoms with Gasteiger partial charge in [0, 0.05) is 5.02 Å². The Bertz CT molecular complexity index is 837. The van der Waals surface area contributed by atoms with Crippen LogP contribution in [0.25, 0.3) is 0 Å². The van der Waals surface area contributed by atoms with E-state index in [1.54, 1.807) is 18.2 Å². The van der Waals surface area contributed by atoms with E-state index in [1.165, 1.54) is 30.5 Å². The number of hydrogen-bond donors (Lipinski definition) is 1. The lowest BCUT2D eigenvalue weighted by molar-refractivity contribution is 0.241. The number of benzene rings is 2. The minimum atomic E-state index is -3.72. The van der Waals surface area contributed by atoms with Gasteiger partial charge in [0.25, 0.3) is 10.0 Å². The van der Waals surface area contributed by atoms with Crippen molar-refractivity contribution in [3.63, 3.8) is 0 Å². The van der Waals surface area contributed by atoms with Gasteiger partial charge in [-0.25, -0.2) is 4.83 Å². The summed E-state index contributed by atoms with van der Waals surface area (Å²) in [6.07, 6.45) is 1.48. The van der Waals surface area contributed by atoms with Crippen LogP contribution in [-0.4, -0.2) is 20.7 Å². The molecule has 0 spiro atoms. The maximum absolute atomic E-state index is 12.1. The number of nitrogens with one attached hydrogen (secondary N) is 1. The second-order valence-corrected chi connectivity index (χ2v) is 8.11. The Morgan fingerprint density at radius 2 is 1.88 bits per heavy atom. The lowest BCUT2D eigenvalue weighted by Crippen LogP contribution is -2.18. The molecule has 24 heavy (non-hydrogen) atoms. The molecule has 0 unspecified atom stereocenters. The van der Waals surface area contributed by atoms with E-state index < -0.39 is 10.0 Å². The lowest BCUT2D eigenvalue weighted by atomic mass is 10.2. The first-order valence-corrected chi connectivity index (χ1v) is 9.70. The minimum absolute atomic E-state index is 0.0620. The van der Waals surface area contributed by atoms with Crippen molar-refractivity contribution in [1.82, 2.24) is 4.83 Å². The molecule has 0 aromatic heterocycles. The van der Waals surface area contributed by atoms with E-state index in [4.69, 9.17) is 16.3 Å². The Labute approximate surface area is 154 Å². The largest absolute Gasteiger partial charge is 0.490 e. The van der Waals surface area contributed by atoms with Crippen molar-refractivity contribution >= 4 is 43.8 Å². The summed E-state index contributed by atoms with van der Waals surface area (Å²) in [6.45, 7) is 3.88. The van der Waals surface area contributed by atoms with Crippen LogP contribution in [0, 0.1) is 0 Å². The number of sulfonamides is 1. The molecular weight excluding hydrogens is 416 g/mol. The average molecular weight is 432 g/mol. The van der Waals surface area contributed by atoms with Gasteiger partial charge in [0.1, 0.15) is 5.75 Å². The molecule has 2 aromatic carbocycles. The van der Waals surface area contributed by atoms with Gasteiger partial charge >= 0.3 is 0 Å². The Kier molecular flexibility index (Phi) is 6.26. The van der Waals surface area contributed by atoms with Gasteiger partial charge in [-0.05, 0) is 77.8 Å². The molecule has 1 N–H and O–H groups in total. The molecule has 0 radical (unpaired) electrons. The number of ether oxygens (including phenoxy) is 1. The summed E-state index contributed by atoms with van der Waals surface area (Å²) in [6, 6.07) is 11.2. The molecule has 0 saturated heterocycles. The first-order valence-electron chi connectivity index (χ1n) is 7.04. The molecule has 5 nitrogen and oxygen atoms in total. The molecular formula is C16H16BrClN2O3S. The molecule has 128 valence electrons. The number of rotatable bonds is 6. The first-order chi connectivity index (χ1) is 11.3. The van der Waals surface area contributed by atoms with E-state index >= 15 is 0 Å². The van der Waals surface area contributed by atoms with E-state index in [1.807, 2.05) is 13.8 Å². The SMILES string of the molecule is CC(C)Oc1ccc(/C=N/NS(=O)(=O)c2ccc(Cl)cc2)cc1Br. The van der Waals surface area contributed by atoms with Crippen LogP contribution in [0.1, 0.15) is 19.4 Å². The molecule has 8 heteroatoms. The molecule has 0 heterocycles. The number of hydrazone groups is 1. The van der Waals surface area contributed by atoms with E-state index in [9.17, 15) is 8.42 Å².